The van der Waals surface area contributed by atoms with Gasteiger partial charge >= 0.3 is 6.03 Å². The van der Waals surface area contributed by atoms with Crippen molar-refractivity contribution in [2.45, 2.75) is 6.10 Å². The van der Waals surface area contributed by atoms with Gasteiger partial charge in [-0.1, -0.05) is 18.2 Å². The summed E-state index contributed by atoms with van der Waals surface area (Å²) in [6.07, 6.45) is 1.74. The first-order valence-electron chi connectivity index (χ1n) is 9.89. The zero-order valence-corrected chi connectivity index (χ0v) is 16.8. The summed E-state index contributed by atoms with van der Waals surface area (Å²) in [4.78, 5) is 12.4. The highest BCUT2D eigenvalue weighted by molar-refractivity contribution is 6.00. The molecule has 8 heteroatoms. The number of hydrogen-bond donors (Lipinski definition) is 3. The minimum absolute atomic E-state index is 0.00703. The van der Waals surface area contributed by atoms with E-state index in [0.717, 1.165) is 30.0 Å². The molecule has 1 aromatic heterocycles. The summed E-state index contributed by atoms with van der Waals surface area (Å²) < 4.78 is 13.6. The molecule has 0 bridgehead atoms. The summed E-state index contributed by atoms with van der Waals surface area (Å²) in [6, 6.07) is 16.5. The molecule has 3 aromatic rings. The lowest BCUT2D eigenvalue weighted by atomic mass is 10.1. The van der Waals surface area contributed by atoms with Gasteiger partial charge in [-0.3, -0.25) is 4.68 Å². The van der Waals surface area contributed by atoms with Crippen LogP contribution in [0.25, 0.3) is 11.3 Å². The number of anilines is 2. The molecule has 1 saturated heterocycles. The maximum absolute atomic E-state index is 12.4. The van der Waals surface area contributed by atoms with Crippen LogP contribution in [0.4, 0.5) is 16.2 Å². The molecule has 2 heterocycles. The van der Waals surface area contributed by atoms with Crippen LogP contribution in [0.15, 0.2) is 60.8 Å². The second kappa shape index (κ2) is 9.43. The molecule has 0 aliphatic carbocycles. The highest BCUT2D eigenvalue weighted by atomic mass is 16.5. The molecule has 3 N–H and O–H groups in total. The first kappa shape index (κ1) is 19.9. The van der Waals surface area contributed by atoms with Gasteiger partial charge in [-0.15, -0.1) is 0 Å². The fourth-order valence-electron chi connectivity index (χ4n) is 3.30. The van der Waals surface area contributed by atoms with Gasteiger partial charge in [-0.05, 0) is 36.4 Å². The van der Waals surface area contributed by atoms with E-state index < -0.39 is 0 Å². The van der Waals surface area contributed by atoms with E-state index in [2.05, 4.69) is 21.0 Å². The summed E-state index contributed by atoms with van der Waals surface area (Å²) in [5.74, 6) is 0.710. The Morgan fingerprint density at radius 1 is 1.20 bits per heavy atom. The van der Waals surface area contributed by atoms with E-state index >= 15 is 0 Å². The largest absolute Gasteiger partial charge is 0.490 e. The van der Waals surface area contributed by atoms with E-state index in [1.165, 1.54) is 0 Å². The van der Waals surface area contributed by atoms with Crippen LogP contribution < -0.4 is 20.7 Å². The summed E-state index contributed by atoms with van der Waals surface area (Å²) in [7, 11) is 1.87. The van der Waals surface area contributed by atoms with Crippen LogP contribution in [0.5, 0.6) is 5.75 Å². The number of carbonyl (C=O) groups is 1. The van der Waals surface area contributed by atoms with E-state index in [1.807, 2.05) is 61.6 Å². The fraction of sp³-hybridized carbons (Fsp3) is 0.273. The first-order chi connectivity index (χ1) is 14.7. The zero-order valence-electron chi connectivity index (χ0n) is 16.8. The van der Waals surface area contributed by atoms with E-state index in [-0.39, 0.29) is 12.1 Å². The Bertz CT molecular complexity index is 983. The fourth-order valence-corrected chi connectivity index (χ4v) is 3.30. The maximum atomic E-state index is 12.4. The predicted octanol–water partition coefficient (Wildman–Crippen LogP) is 3.10. The van der Waals surface area contributed by atoms with Gasteiger partial charge in [0.05, 0.1) is 12.3 Å². The topological polar surface area (TPSA) is 89.4 Å². The summed E-state index contributed by atoms with van der Waals surface area (Å²) in [5.41, 5.74) is 3.11. The van der Waals surface area contributed by atoms with Crippen molar-refractivity contribution >= 4 is 17.4 Å². The van der Waals surface area contributed by atoms with Gasteiger partial charge in [0.2, 0.25) is 0 Å². The van der Waals surface area contributed by atoms with Crippen LogP contribution in [-0.4, -0.2) is 48.2 Å². The maximum Gasteiger partial charge on any atom is 0.323 e. The third-order valence-electron chi connectivity index (χ3n) is 4.80. The highest BCUT2D eigenvalue weighted by Gasteiger charge is 2.17. The number of ether oxygens (including phenoxy) is 2. The molecule has 4 rings (SSSR count). The lowest BCUT2D eigenvalue weighted by Crippen LogP contribution is -2.41. The Kier molecular flexibility index (Phi) is 6.26. The number of benzene rings is 2. The Morgan fingerprint density at radius 2 is 2.03 bits per heavy atom. The molecule has 30 heavy (non-hydrogen) atoms. The number of amides is 2. The second-order valence-corrected chi connectivity index (χ2v) is 7.00. The predicted molar refractivity (Wildman–Crippen MR) is 116 cm³/mol. The van der Waals surface area contributed by atoms with Crippen LogP contribution in [-0.2, 0) is 11.8 Å². The van der Waals surface area contributed by atoms with Gasteiger partial charge in [-0.25, -0.2) is 4.79 Å². The Hall–Kier alpha value is -3.36. The molecular formula is C22H25N5O3. The molecule has 1 atom stereocenters. The molecule has 0 saturated carbocycles. The number of hydrogen-bond acceptors (Lipinski definition) is 5. The quantitative estimate of drug-likeness (QED) is 0.584. The van der Waals surface area contributed by atoms with Crippen molar-refractivity contribution in [3.63, 3.8) is 0 Å². The molecule has 2 amide bonds. The van der Waals surface area contributed by atoms with Crippen molar-refractivity contribution in [3.05, 3.63) is 60.8 Å². The van der Waals surface area contributed by atoms with E-state index in [1.54, 1.807) is 10.9 Å². The number of nitrogens with zero attached hydrogens (tertiary/aromatic N) is 2. The average Bonchev–Trinajstić information content (AvgIpc) is 3.20. The van der Waals surface area contributed by atoms with Gasteiger partial charge in [0.25, 0.3) is 0 Å². The smallest absolute Gasteiger partial charge is 0.323 e. The summed E-state index contributed by atoms with van der Waals surface area (Å²) in [6.45, 7) is 2.75. The van der Waals surface area contributed by atoms with Crippen LogP contribution in [0.2, 0.25) is 0 Å². The van der Waals surface area contributed by atoms with Gasteiger partial charge in [-0.2, -0.15) is 5.10 Å². The van der Waals surface area contributed by atoms with Crippen molar-refractivity contribution < 1.29 is 14.3 Å². The monoisotopic (exact) mass is 407 g/mol. The molecule has 8 nitrogen and oxygen atoms in total. The first-order valence-corrected chi connectivity index (χ1v) is 9.89. The normalized spacial score (nSPS) is 16.1. The van der Waals surface area contributed by atoms with Crippen LogP contribution in [0.1, 0.15) is 0 Å². The number of nitrogens with one attached hydrogen (secondary N) is 3. The summed E-state index contributed by atoms with van der Waals surface area (Å²) >= 11 is 0. The number of aromatic nitrogens is 2. The van der Waals surface area contributed by atoms with Crippen molar-refractivity contribution in [1.82, 2.24) is 15.1 Å². The number of aryl methyl sites for hydroxylation is 1. The van der Waals surface area contributed by atoms with Gasteiger partial charge < -0.3 is 25.4 Å². The summed E-state index contributed by atoms with van der Waals surface area (Å²) in [5, 5.41) is 13.2. The van der Waals surface area contributed by atoms with Crippen molar-refractivity contribution in [3.8, 4) is 17.0 Å². The third kappa shape index (κ3) is 4.97. The van der Waals surface area contributed by atoms with Gasteiger partial charge in [0.1, 0.15) is 18.5 Å². The van der Waals surface area contributed by atoms with E-state index in [4.69, 9.17) is 9.47 Å². The molecule has 0 radical (unpaired) electrons. The molecule has 1 fully saturated rings. The van der Waals surface area contributed by atoms with Crippen LogP contribution in [0.3, 0.4) is 0 Å². The molecule has 1 aliphatic rings. The number of para-hydroxylation sites is 1. The SMILES string of the molecule is Cn1nccc1-c1cc(NC(=O)Nc2ccccc2)ccc1OCC1CNCCO1. The van der Waals surface area contributed by atoms with Crippen molar-refractivity contribution in [2.75, 3.05) is 36.9 Å². The lowest BCUT2D eigenvalue weighted by Gasteiger charge is -2.24. The highest BCUT2D eigenvalue weighted by Crippen LogP contribution is 2.32. The number of morpholine rings is 1. The number of urea groups is 1. The average molecular weight is 407 g/mol. The zero-order chi connectivity index (χ0) is 20.8. The molecule has 0 spiro atoms. The number of rotatable bonds is 6. The standard InChI is InChI=1S/C22H25N5O3/c1-27-20(9-10-24-27)19-13-17(26-22(28)25-16-5-3-2-4-6-16)7-8-21(19)30-15-18-14-23-11-12-29-18/h2-10,13,18,23H,11-12,14-15H2,1H3,(H2,25,26,28). The third-order valence-corrected chi connectivity index (χ3v) is 4.80. The van der Waals surface area contributed by atoms with E-state index in [9.17, 15) is 4.79 Å². The molecule has 1 unspecified atom stereocenters. The van der Waals surface area contributed by atoms with Gasteiger partial charge in [0, 0.05) is 43.3 Å². The van der Waals surface area contributed by atoms with Crippen molar-refractivity contribution in [2.24, 2.45) is 7.05 Å². The Labute approximate surface area is 175 Å². The van der Waals surface area contributed by atoms with Gasteiger partial charge in [0.15, 0.2) is 0 Å². The molecule has 2 aromatic carbocycles. The van der Waals surface area contributed by atoms with Crippen LogP contribution in [0, 0.1) is 0 Å². The lowest BCUT2D eigenvalue weighted by molar-refractivity contribution is 0.000312. The number of carbonyl (C=O) groups excluding carboxylic acids is 1. The molecular weight excluding hydrogens is 382 g/mol. The van der Waals surface area contributed by atoms with Crippen molar-refractivity contribution in [1.29, 1.82) is 0 Å². The molecule has 1 aliphatic heterocycles. The molecule has 156 valence electrons. The van der Waals surface area contributed by atoms with Crippen LogP contribution >= 0.6 is 0 Å². The Balaban J connectivity index is 1.51. The minimum atomic E-state index is -0.312. The van der Waals surface area contributed by atoms with E-state index in [0.29, 0.717) is 24.7 Å². The second-order valence-electron chi connectivity index (χ2n) is 7.00. The minimum Gasteiger partial charge on any atom is -0.490 e. The Morgan fingerprint density at radius 3 is 2.77 bits per heavy atom.